The maximum Gasteiger partial charge on any atom is 0.311 e. The molecule has 1 heterocycles. The lowest BCUT2D eigenvalue weighted by Crippen LogP contribution is -2.49. The van der Waals surface area contributed by atoms with Crippen LogP contribution in [0.1, 0.15) is 19.8 Å². The number of carboxylic acid groups (broad SMARTS) is 1. The van der Waals surface area contributed by atoms with Gasteiger partial charge in [0.1, 0.15) is 5.92 Å². The van der Waals surface area contributed by atoms with Crippen LogP contribution in [0.25, 0.3) is 0 Å². The van der Waals surface area contributed by atoms with Crippen molar-refractivity contribution in [1.29, 1.82) is 0 Å². The van der Waals surface area contributed by atoms with Crippen LogP contribution < -0.4 is 11.1 Å². The Labute approximate surface area is 94.1 Å². The third-order valence-corrected chi connectivity index (χ3v) is 2.66. The fourth-order valence-electron chi connectivity index (χ4n) is 1.67. The molecule has 0 radical (unpaired) electrons. The van der Waals surface area contributed by atoms with Crippen LogP contribution in [0.5, 0.6) is 0 Å². The van der Waals surface area contributed by atoms with Gasteiger partial charge in [0.25, 0.3) is 0 Å². The first-order valence-corrected chi connectivity index (χ1v) is 5.42. The van der Waals surface area contributed by atoms with E-state index in [-0.39, 0.29) is 19.1 Å². The number of amides is 1. The van der Waals surface area contributed by atoms with E-state index in [2.05, 4.69) is 5.32 Å². The van der Waals surface area contributed by atoms with Crippen molar-refractivity contribution in [3.8, 4) is 0 Å². The van der Waals surface area contributed by atoms with E-state index >= 15 is 0 Å². The number of nitrogens with one attached hydrogen (secondary N) is 1. The molecule has 0 aromatic rings. The Morgan fingerprint density at radius 3 is 2.81 bits per heavy atom. The molecule has 0 saturated carbocycles. The summed E-state index contributed by atoms with van der Waals surface area (Å²) in [5, 5.41) is 11.5. The summed E-state index contributed by atoms with van der Waals surface area (Å²) in [6.45, 7) is 2.32. The molecule has 0 aromatic heterocycles. The Morgan fingerprint density at radius 2 is 2.25 bits per heavy atom. The molecule has 0 spiro atoms. The summed E-state index contributed by atoms with van der Waals surface area (Å²) >= 11 is 0. The predicted octanol–water partition coefficient (Wildman–Crippen LogP) is -0.670. The van der Waals surface area contributed by atoms with E-state index in [9.17, 15) is 9.59 Å². The van der Waals surface area contributed by atoms with Gasteiger partial charge < -0.3 is 20.9 Å². The molecule has 1 saturated heterocycles. The van der Waals surface area contributed by atoms with E-state index in [0.29, 0.717) is 6.42 Å². The Bertz CT molecular complexity index is 270. The Kier molecular flexibility index (Phi) is 4.70. The van der Waals surface area contributed by atoms with Crippen molar-refractivity contribution in [3.05, 3.63) is 0 Å². The van der Waals surface area contributed by atoms with Gasteiger partial charge in [0.2, 0.25) is 5.91 Å². The minimum absolute atomic E-state index is 0.142. The number of carboxylic acids is 1. The van der Waals surface area contributed by atoms with E-state index in [1.807, 2.05) is 6.92 Å². The second-order valence-corrected chi connectivity index (χ2v) is 3.99. The molecule has 6 nitrogen and oxygen atoms in total. The first kappa shape index (κ1) is 12.9. The van der Waals surface area contributed by atoms with Crippen LogP contribution in [0.3, 0.4) is 0 Å². The maximum atomic E-state index is 11.6. The van der Waals surface area contributed by atoms with Gasteiger partial charge in [0.15, 0.2) is 0 Å². The van der Waals surface area contributed by atoms with Gasteiger partial charge in [-0.3, -0.25) is 9.59 Å². The number of rotatable bonds is 5. The van der Waals surface area contributed by atoms with Gasteiger partial charge in [-0.15, -0.1) is 0 Å². The highest BCUT2D eigenvalue weighted by molar-refractivity contribution is 5.82. The van der Waals surface area contributed by atoms with Crippen molar-refractivity contribution in [2.75, 3.05) is 13.2 Å². The van der Waals surface area contributed by atoms with Gasteiger partial charge >= 0.3 is 5.97 Å². The first-order chi connectivity index (χ1) is 7.56. The van der Waals surface area contributed by atoms with Gasteiger partial charge in [-0.25, -0.2) is 0 Å². The van der Waals surface area contributed by atoms with Crippen molar-refractivity contribution in [2.24, 2.45) is 11.7 Å². The van der Waals surface area contributed by atoms with Gasteiger partial charge in [-0.05, 0) is 6.42 Å². The van der Waals surface area contributed by atoms with Crippen molar-refractivity contribution in [1.82, 2.24) is 5.32 Å². The van der Waals surface area contributed by atoms with E-state index in [0.717, 1.165) is 6.42 Å². The molecular weight excluding hydrogens is 212 g/mol. The van der Waals surface area contributed by atoms with Crippen molar-refractivity contribution in [3.63, 3.8) is 0 Å². The number of nitrogens with two attached hydrogens (primary N) is 1. The summed E-state index contributed by atoms with van der Waals surface area (Å²) in [7, 11) is 0. The second-order valence-electron chi connectivity index (χ2n) is 3.99. The SMILES string of the molecule is CCC[C@@H](N)C(=O)NC1COCC1C(=O)O. The molecule has 4 N–H and O–H groups in total. The summed E-state index contributed by atoms with van der Waals surface area (Å²) in [5.74, 6) is -1.92. The van der Waals surface area contributed by atoms with Gasteiger partial charge in [-0.1, -0.05) is 13.3 Å². The van der Waals surface area contributed by atoms with Gasteiger partial charge in [0, 0.05) is 0 Å². The van der Waals surface area contributed by atoms with Crippen LogP contribution in [0.2, 0.25) is 0 Å². The smallest absolute Gasteiger partial charge is 0.311 e. The normalized spacial score (nSPS) is 26.4. The third-order valence-electron chi connectivity index (χ3n) is 2.66. The number of hydrogen-bond donors (Lipinski definition) is 3. The van der Waals surface area contributed by atoms with Crippen molar-refractivity contribution < 1.29 is 19.4 Å². The van der Waals surface area contributed by atoms with Gasteiger partial charge in [-0.2, -0.15) is 0 Å². The molecular formula is C10H18N2O4. The quantitative estimate of drug-likeness (QED) is 0.581. The molecule has 0 aromatic carbocycles. The summed E-state index contributed by atoms with van der Waals surface area (Å²) < 4.78 is 5.04. The van der Waals surface area contributed by atoms with E-state index < -0.39 is 24.0 Å². The highest BCUT2D eigenvalue weighted by Gasteiger charge is 2.35. The molecule has 0 aliphatic carbocycles. The van der Waals surface area contributed by atoms with E-state index in [4.69, 9.17) is 15.6 Å². The third kappa shape index (κ3) is 3.18. The molecule has 16 heavy (non-hydrogen) atoms. The standard InChI is InChI=1S/C10H18N2O4/c1-2-3-7(11)9(13)12-8-5-16-4-6(8)10(14)15/h6-8H,2-5,11H2,1H3,(H,12,13)(H,14,15)/t6?,7-,8?/m1/s1. The van der Waals surface area contributed by atoms with Crippen LogP contribution in [0, 0.1) is 5.92 Å². The number of ether oxygens (including phenoxy) is 1. The zero-order chi connectivity index (χ0) is 12.1. The largest absolute Gasteiger partial charge is 0.481 e. The van der Waals surface area contributed by atoms with Gasteiger partial charge in [0.05, 0.1) is 25.3 Å². The molecule has 2 unspecified atom stereocenters. The van der Waals surface area contributed by atoms with E-state index in [1.54, 1.807) is 0 Å². The average molecular weight is 230 g/mol. The zero-order valence-electron chi connectivity index (χ0n) is 9.31. The lowest BCUT2D eigenvalue weighted by atomic mass is 10.0. The molecule has 0 bridgehead atoms. The molecule has 6 heteroatoms. The second kappa shape index (κ2) is 5.81. The van der Waals surface area contributed by atoms with Crippen molar-refractivity contribution in [2.45, 2.75) is 31.8 Å². The maximum absolute atomic E-state index is 11.6. The number of hydrogen-bond acceptors (Lipinski definition) is 4. The van der Waals surface area contributed by atoms with Crippen molar-refractivity contribution >= 4 is 11.9 Å². The molecule has 1 rings (SSSR count). The summed E-state index contributed by atoms with van der Waals surface area (Å²) in [4.78, 5) is 22.4. The molecule has 1 fully saturated rings. The van der Waals surface area contributed by atoms with E-state index in [1.165, 1.54) is 0 Å². The topological polar surface area (TPSA) is 102 Å². The number of carbonyl (C=O) groups is 2. The number of carbonyl (C=O) groups excluding carboxylic acids is 1. The lowest BCUT2D eigenvalue weighted by molar-refractivity contribution is -0.142. The molecule has 1 amide bonds. The minimum Gasteiger partial charge on any atom is -0.481 e. The average Bonchev–Trinajstić information content (AvgIpc) is 2.66. The minimum atomic E-state index is -0.952. The first-order valence-electron chi connectivity index (χ1n) is 5.42. The van der Waals surface area contributed by atoms with Crippen LogP contribution in [-0.4, -0.2) is 42.3 Å². The number of aliphatic carboxylic acids is 1. The fourth-order valence-corrected chi connectivity index (χ4v) is 1.67. The predicted molar refractivity (Wildman–Crippen MR) is 56.8 cm³/mol. The molecule has 3 atom stereocenters. The molecule has 1 aliphatic rings. The lowest BCUT2D eigenvalue weighted by Gasteiger charge is -2.18. The molecule has 1 aliphatic heterocycles. The monoisotopic (exact) mass is 230 g/mol. The van der Waals surface area contributed by atoms with Crippen LogP contribution in [-0.2, 0) is 14.3 Å². The summed E-state index contributed by atoms with van der Waals surface area (Å²) in [6.07, 6.45) is 1.41. The highest BCUT2D eigenvalue weighted by Crippen LogP contribution is 2.14. The van der Waals surface area contributed by atoms with Crippen LogP contribution >= 0.6 is 0 Å². The summed E-state index contributed by atoms with van der Waals surface area (Å²) in [5.41, 5.74) is 5.63. The zero-order valence-corrected chi connectivity index (χ0v) is 9.31. The van der Waals surface area contributed by atoms with Crippen LogP contribution in [0.4, 0.5) is 0 Å². The van der Waals surface area contributed by atoms with Crippen LogP contribution in [0.15, 0.2) is 0 Å². The Morgan fingerprint density at radius 1 is 1.56 bits per heavy atom. The Balaban J connectivity index is 2.47. The Hall–Kier alpha value is -1.14. The fraction of sp³-hybridized carbons (Fsp3) is 0.800. The highest BCUT2D eigenvalue weighted by atomic mass is 16.5. The molecule has 92 valence electrons. The summed E-state index contributed by atoms with van der Waals surface area (Å²) in [6, 6.07) is -1.03.